The molecule has 0 bridgehead atoms. The summed E-state index contributed by atoms with van der Waals surface area (Å²) >= 11 is 0. The van der Waals surface area contributed by atoms with E-state index < -0.39 is 0 Å². The fraction of sp³-hybridized carbons (Fsp3) is 0.190. The lowest BCUT2D eigenvalue weighted by atomic mass is 10.2. The first-order valence-corrected chi connectivity index (χ1v) is 8.90. The molecule has 3 rings (SSSR count). The van der Waals surface area contributed by atoms with E-state index in [1.54, 1.807) is 20.3 Å². The molecule has 1 heterocycles. The molecule has 0 saturated heterocycles. The average molecular weight is 393 g/mol. The Balaban J connectivity index is 1.67. The summed E-state index contributed by atoms with van der Waals surface area (Å²) in [7, 11) is 7.08. The molecular formula is C21H23N5O3. The van der Waals surface area contributed by atoms with E-state index >= 15 is 0 Å². The van der Waals surface area contributed by atoms with Crippen molar-refractivity contribution in [1.29, 1.82) is 0 Å². The van der Waals surface area contributed by atoms with E-state index in [-0.39, 0.29) is 11.6 Å². The van der Waals surface area contributed by atoms with Crippen LogP contribution in [0.5, 0.6) is 11.5 Å². The van der Waals surface area contributed by atoms with Crippen LogP contribution in [0, 0.1) is 0 Å². The SMILES string of the molecule is COc1ccc(Nc2cnc(C(=O)Nc3ccc(N(C)C)cc3)cn2)c(OC)c1. The van der Waals surface area contributed by atoms with Crippen molar-refractivity contribution in [1.82, 2.24) is 9.97 Å². The molecule has 1 aromatic heterocycles. The maximum Gasteiger partial charge on any atom is 0.275 e. The zero-order valence-corrected chi connectivity index (χ0v) is 16.8. The number of nitrogens with zero attached hydrogens (tertiary/aromatic N) is 3. The highest BCUT2D eigenvalue weighted by Gasteiger charge is 2.10. The second kappa shape index (κ2) is 8.92. The number of carbonyl (C=O) groups excluding carboxylic acids is 1. The van der Waals surface area contributed by atoms with Crippen LogP contribution in [0.4, 0.5) is 22.9 Å². The van der Waals surface area contributed by atoms with E-state index in [0.29, 0.717) is 28.7 Å². The number of amides is 1. The molecule has 8 nitrogen and oxygen atoms in total. The van der Waals surface area contributed by atoms with Crippen molar-refractivity contribution in [3.63, 3.8) is 0 Å². The van der Waals surface area contributed by atoms with Gasteiger partial charge in [0.05, 0.1) is 32.3 Å². The molecule has 29 heavy (non-hydrogen) atoms. The summed E-state index contributed by atoms with van der Waals surface area (Å²) in [6, 6.07) is 12.9. The first kappa shape index (κ1) is 19.9. The molecule has 0 aliphatic carbocycles. The predicted octanol–water partition coefficient (Wildman–Crippen LogP) is 3.56. The van der Waals surface area contributed by atoms with Gasteiger partial charge in [-0.15, -0.1) is 0 Å². The van der Waals surface area contributed by atoms with Gasteiger partial charge in [-0.1, -0.05) is 0 Å². The molecule has 150 valence electrons. The molecule has 0 atom stereocenters. The van der Waals surface area contributed by atoms with Crippen LogP contribution in [0.2, 0.25) is 0 Å². The highest BCUT2D eigenvalue weighted by atomic mass is 16.5. The molecule has 0 unspecified atom stereocenters. The van der Waals surface area contributed by atoms with Gasteiger partial charge in [-0.05, 0) is 36.4 Å². The zero-order chi connectivity index (χ0) is 20.8. The minimum Gasteiger partial charge on any atom is -0.497 e. The Morgan fingerprint density at radius 3 is 2.31 bits per heavy atom. The van der Waals surface area contributed by atoms with Crippen LogP contribution < -0.4 is 25.0 Å². The maximum absolute atomic E-state index is 12.4. The Bertz CT molecular complexity index is 973. The van der Waals surface area contributed by atoms with Gasteiger partial charge in [0.2, 0.25) is 0 Å². The van der Waals surface area contributed by atoms with E-state index in [2.05, 4.69) is 20.6 Å². The Morgan fingerprint density at radius 2 is 1.72 bits per heavy atom. The van der Waals surface area contributed by atoms with Gasteiger partial charge >= 0.3 is 0 Å². The van der Waals surface area contributed by atoms with E-state index in [0.717, 1.165) is 5.69 Å². The number of rotatable bonds is 7. The second-order valence-corrected chi connectivity index (χ2v) is 6.37. The van der Waals surface area contributed by atoms with Gasteiger partial charge in [0.1, 0.15) is 23.0 Å². The number of methoxy groups -OCH3 is 2. The van der Waals surface area contributed by atoms with Crippen LogP contribution in [0.1, 0.15) is 10.5 Å². The quantitative estimate of drug-likeness (QED) is 0.634. The number of benzene rings is 2. The van der Waals surface area contributed by atoms with Crippen LogP contribution in [-0.2, 0) is 0 Å². The summed E-state index contributed by atoms with van der Waals surface area (Å²) < 4.78 is 10.5. The summed E-state index contributed by atoms with van der Waals surface area (Å²) in [6.07, 6.45) is 2.91. The normalized spacial score (nSPS) is 10.2. The fourth-order valence-electron chi connectivity index (χ4n) is 2.59. The number of hydrogen-bond donors (Lipinski definition) is 2. The Morgan fingerprint density at radius 1 is 0.966 bits per heavy atom. The molecular weight excluding hydrogens is 370 g/mol. The van der Waals surface area contributed by atoms with Crippen molar-refractivity contribution in [3.8, 4) is 11.5 Å². The van der Waals surface area contributed by atoms with Crippen LogP contribution >= 0.6 is 0 Å². The minimum absolute atomic E-state index is 0.217. The van der Waals surface area contributed by atoms with Crippen molar-refractivity contribution in [2.45, 2.75) is 0 Å². The van der Waals surface area contributed by atoms with Crippen LogP contribution in [0.15, 0.2) is 54.9 Å². The van der Waals surface area contributed by atoms with Crippen molar-refractivity contribution in [2.24, 2.45) is 0 Å². The van der Waals surface area contributed by atoms with Gasteiger partial charge in [0.25, 0.3) is 5.91 Å². The third kappa shape index (κ3) is 4.92. The summed E-state index contributed by atoms with van der Waals surface area (Å²) in [5, 5.41) is 5.93. The standard InChI is InChI=1S/C21H23N5O3/c1-26(2)15-7-5-14(6-8-15)24-21(27)18-12-23-20(13-22-18)25-17-10-9-16(28-3)11-19(17)29-4/h5-13H,1-4H3,(H,23,25)(H,24,27). The zero-order valence-electron chi connectivity index (χ0n) is 16.8. The molecule has 8 heteroatoms. The van der Waals surface area contributed by atoms with Gasteiger partial charge in [0, 0.05) is 31.5 Å². The van der Waals surface area contributed by atoms with Gasteiger partial charge in [-0.2, -0.15) is 0 Å². The number of carbonyl (C=O) groups is 1. The lowest BCUT2D eigenvalue weighted by Gasteiger charge is -2.13. The molecule has 3 aromatic rings. The van der Waals surface area contributed by atoms with E-state index in [4.69, 9.17) is 9.47 Å². The molecule has 0 radical (unpaired) electrons. The number of nitrogens with one attached hydrogen (secondary N) is 2. The van der Waals surface area contributed by atoms with Gasteiger partial charge in [-0.25, -0.2) is 9.97 Å². The summed E-state index contributed by atoms with van der Waals surface area (Å²) in [5.74, 6) is 1.45. The highest BCUT2D eigenvalue weighted by molar-refractivity contribution is 6.02. The minimum atomic E-state index is -0.330. The molecule has 0 aliphatic rings. The summed E-state index contributed by atoms with van der Waals surface area (Å²) in [5.41, 5.74) is 2.66. The number of aromatic nitrogens is 2. The third-order valence-electron chi connectivity index (χ3n) is 4.20. The largest absolute Gasteiger partial charge is 0.497 e. The second-order valence-electron chi connectivity index (χ2n) is 6.37. The van der Waals surface area contributed by atoms with E-state index in [9.17, 15) is 4.79 Å². The lowest BCUT2D eigenvalue weighted by Crippen LogP contribution is -2.14. The molecule has 2 N–H and O–H groups in total. The van der Waals surface area contributed by atoms with Crippen LogP contribution in [0.3, 0.4) is 0 Å². The Labute approximate surface area is 169 Å². The first-order chi connectivity index (χ1) is 14.0. The van der Waals surface area contributed by atoms with Crippen molar-refractivity contribution < 1.29 is 14.3 Å². The number of anilines is 4. The van der Waals surface area contributed by atoms with Crippen molar-refractivity contribution in [2.75, 3.05) is 43.8 Å². The topological polar surface area (TPSA) is 88.6 Å². The Kier molecular flexibility index (Phi) is 6.13. The monoisotopic (exact) mass is 393 g/mol. The van der Waals surface area contributed by atoms with Gasteiger partial charge in [-0.3, -0.25) is 4.79 Å². The van der Waals surface area contributed by atoms with E-state index in [1.807, 2.05) is 55.4 Å². The Hall–Kier alpha value is -3.81. The highest BCUT2D eigenvalue weighted by Crippen LogP contribution is 2.30. The number of ether oxygens (including phenoxy) is 2. The molecule has 0 spiro atoms. The predicted molar refractivity (Wildman–Crippen MR) is 114 cm³/mol. The fourth-order valence-corrected chi connectivity index (χ4v) is 2.59. The smallest absolute Gasteiger partial charge is 0.275 e. The summed E-state index contributed by atoms with van der Waals surface area (Å²) in [6.45, 7) is 0. The van der Waals surface area contributed by atoms with E-state index in [1.165, 1.54) is 12.4 Å². The van der Waals surface area contributed by atoms with Crippen LogP contribution in [-0.4, -0.2) is 44.2 Å². The molecule has 0 fully saturated rings. The molecule has 0 saturated carbocycles. The summed E-state index contributed by atoms with van der Waals surface area (Å²) in [4.78, 5) is 22.8. The van der Waals surface area contributed by atoms with Crippen molar-refractivity contribution in [3.05, 3.63) is 60.6 Å². The lowest BCUT2D eigenvalue weighted by molar-refractivity contribution is 0.102. The van der Waals surface area contributed by atoms with Gasteiger partial charge in [0.15, 0.2) is 0 Å². The van der Waals surface area contributed by atoms with Crippen LogP contribution in [0.25, 0.3) is 0 Å². The van der Waals surface area contributed by atoms with Crippen molar-refractivity contribution >= 4 is 28.8 Å². The third-order valence-corrected chi connectivity index (χ3v) is 4.20. The maximum atomic E-state index is 12.4. The average Bonchev–Trinajstić information content (AvgIpc) is 2.74. The first-order valence-electron chi connectivity index (χ1n) is 8.90. The molecule has 1 amide bonds. The molecule has 0 aliphatic heterocycles. The van der Waals surface area contributed by atoms with Gasteiger partial charge < -0.3 is 25.0 Å². The number of hydrogen-bond acceptors (Lipinski definition) is 7. The molecule has 2 aromatic carbocycles.